The minimum Gasteiger partial charge on any atom is -0.297 e. The van der Waals surface area contributed by atoms with Crippen LogP contribution in [0.3, 0.4) is 0 Å². The number of ketones is 1. The van der Waals surface area contributed by atoms with Crippen LogP contribution in [0.15, 0.2) is 0 Å². The summed E-state index contributed by atoms with van der Waals surface area (Å²) < 4.78 is 0. The van der Waals surface area contributed by atoms with Crippen molar-refractivity contribution in [3.8, 4) is 0 Å². The van der Waals surface area contributed by atoms with E-state index >= 15 is 0 Å². The molecule has 1 heterocycles. The summed E-state index contributed by atoms with van der Waals surface area (Å²) in [7, 11) is 0. The molecule has 0 radical (unpaired) electrons. The highest BCUT2D eigenvalue weighted by atomic mass is 16.2. The summed E-state index contributed by atoms with van der Waals surface area (Å²) in [5, 5.41) is 0. The van der Waals surface area contributed by atoms with Gasteiger partial charge in [0.15, 0.2) is 5.78 Å². The van der Waals surface area contributed by atoms with Crippen LogP contribution in [0.5, 0.6) is 0 Å². The normalized spacial score (nSPS) is 28.5. The number of hydrogen-bond acceptors (Lipinski definition) is 3. The lowest BCUT2D eigenvalue weighted by Crippen LogP contribution is -2.40. The fourth-order valence-electron chi connectivity index (χ4n) is 2.77. The molecule has 2 rings (SSSR count). The van der Waals surface area contributed by atoms with Crippen LogP contribution in [0, 0.1) is 17.3 Å². The second kappa shape index (κ2) is 4.48. The van der Waals surface area contributed by atoms with E-state index in [-0.39, 0.29) is 36.0 Å². The standard InChI is InChI=1S/C14H21NO3/c1-14(2,3)11(16)8-15-12(17)9-6-4-5-7-10(9)13(15)18/h9-10H,4-8H2,1-3H3. The maximum Gasteiger partial charge on any atom is 0.233 e. The summed E-state index contributed by atoms with van der Waals surface area (Å²) in [5.74, 6) is -0.606. The molecule has 2 aliphatic rings. The van der Waals surface area contributed by atoms with Crippen molar-refractivity contribution >= 4 is 17.6 Å². The zero-order valence-electron chi connectivity index (χ0n) is 11.4. The first-order valence-corrected chi connectivity index (χ1v) is 6.71. The molecule has 0 aromatic rings. The molecule has 2 fully saturated rings. The lowest BCUT2D eigenvalue weighted by atomic mass is 9.81. The van der Waals surface area contributed by atoms with Crippen LogP contribution in [-0.2, 0) is 14.4 Å². The number of imide groups is 1. The number of hydrogen-bond donors (Lipinski definition) is 0. The summed E-state index contributed by atoms with van der Waals surface area (Å²) >= 11 is 0. The first-order valence-electron chi connectivity index (χ1n) is 6.71. The molecule has 2 unspecified atom stereocenters. The van der Waals surface area contributed by atoms with E-state index in [2.05, 4.69) is 0 Å². The van der Waals surface area contributed by atoms with Crippen molar-refractivity contribution in [3.63, 3.8) is 0 Å². The average Bonchev–Trinajstić information content (AvgIpc) is 2.54. The van der Waals surface area contributed by atoms with Crippen molar-refractivity contribution in [3.05, 3.63) is 0 Å². The first kappa shape index (κ1) is 13.2. The summed E-state index contributed by atoms with van der Waals surface area (Å²) in [5.41, 5.74) is -0.506. The quantitative estimate of drug-likeness (QED) is 0.703. The summed E-state index contributed by atoms with van der Waals surface area (Å²) in [6, 6.07) is 0. The van der Waals surface area contributed by atoms with Gasteiger partial charge in [-0.05, 0) is 12.8 Å². The van der Waals surface area contributed by atoms with Crippen LogP contribution in [0.2, 0.25) is 0 Å². The number of Topliss-reactive ketones (excluding diaryl/α,β-unsaturated/α-hetero) is 1. The molecular weight excluding hydrogens is 230 g/mol. The highest BCUT2D eigenvalue weighted by Gasteiger charge is 2.48. The Hall–Kier alpha value is -1.19. The lowest BCUT2D eigenvalue weighted by molar-refractivity contribution is -0.144. The molecule has 1 saturated carbocycles. The van der Waals surface area contributed by atoms with Gasteiger partial charge in [-0.1, -0.05) is 33.6 Å². The van der Waals surface area contributed by atoms with E-state index in [1.807, 2.05) is 20.8 Å². The van der Waals surface area contributed by atoms with Crippen molar-refractivity contribution < 1.29 is 14.4 Å². The van der Waals surface area contributed by atoms with Crippen LogP contribution < -0.4 is 0 Å². The number of rotatable bonds is 2. The lowest BCUT2D eigenvalue weighted by Gasteiger charge is -2.21. The smallest absolute Gasteiger partial charge is 0.233 e. The predicted octanol–water partition coefficient (Wildman–Crippen LogP) is 1.78. The van der Waals surface area contributed by atoms with Gasteiger partial charge in [0.25, 0.3) is 0 Å². The van der Waals surface area contributed by atoms with Gasteiger partial charge in [-0.2, -0.15) is 0 Å². The Morgan fingerprint density at radius 1 is 1.11 bits per heavy atom. The maximum absolute atomic E-state index is 12.2. The topological polar surface area (TPSA) is 54.5 Å². The summed E-state index contributed by atoms with van der Waals surface area (Å²) in [6.07, 6.45) is 3.63. The first-order chi connectivity index (χ1) is 8.32. The van der Waals surface area contributed by atoms with E-state index in [4.69, 9.17) is 0 Å². The van der Waals surface area contributed by atoms with Gasteiger partial charge in [0.05, 0.1) is 18.4 Å². The zero-order valence-corrected chi connectivity index (χ0v) is 11.4. The molecule has 0 aromatic carbocycles. The van der Waals surface area contributed by atoms with Crippen molar-refractivity contribution in [2.45, 2.75) is 46.5 Å². The third-order valence-corrected chi connectivity index (χ3v) is 4.07. The molecule has 4 heteroatoms. The third kappa shape index (κ3) is 2.20. The number of likely N-dealkylation sites (tertiary alicyclic amines) is 1. The van der Waals surface area contributed by atoms with Crippen molar-refractivity contribution in [2.75, 3.05) is 6.54 Å². The largest absolute Gasteiger partial charge is 0.297 e. The van der Waals surface area contributed by atoms with E-state index in [0.717, 1.165) is 25.7 Å². The Balaban J connectivity index is 2.12. The van der Waals surface area contributed by atoms with Gasteiger partial charge in [0, 0.05) is 5.41 Å². The minimum atomic E-state index is -0.506. The number of carbonyl (C=O) groups is 3. The summed E-state index contributed by atoms with van der Waals surface area (Å²) in [4.78, 5) is 37.5. The molecule has 2 amide bonds. The SMILES string of the molecule is CC(C)(C)C(=O)CN1C(=O)C2CCCCC2C1=O. The molecular formula is C14H21NO3. The highest BCUT2D eigenvalue weighted by molar-refractivity contribution is 6.07. The van der Waals surface area contributed by atoms with E-state index in [1.165, 1.54) is 4.90 Å². The predicted molar refractivity (Wildman–Crippen MR) is 66.6 cm³/mol. The number of nitrogens with zero attached hydrogens (tertiary/aromatic N) is 1. The van der Waals surface area contributed by atoms with Crippen LogP contribution in [0.4, 0.5) is 0 Å². The van der Waals surface area contributed by atoms with Crippen LogP contribution in [-0.4, -0.2) is 29.0 Å². The van der Waals surface area contributed by atoms with Gasteiger partial charge in [-0.25, -0.2) is 0 Å². The van der Waals surface area contributed by atoms with Gasteiger partial charge in [-0.15, -0.1) is 0 Å². The Morgan fingerprint density at radius 3 is 1.94 bits per heavy atom. The Labute approximate surface area is 108 Å². The molecule has 0 bridgehead atoms. The number of carbonyl (C=O) groups excluding carboxylic acids is 3. The molecule has 4 nitrogen and oxygen atoms in total. The molecule has 1 saturated heterocycles. The van der Waals surface area contributed by atoms with Crippen LogP contribution in [0.1, 0.15) is 46.5 Å². The van der Waals surface area contributed by atoms with E-state index in [0.29, 0.717) is 0 Å². The molecule has 1 aliphatic carbocycles. The van der Waals surface area contributed by atoms with Gasteiger partial charge in [0.2, 0.25) is 11.8 Å². The monoisotopic (exact) mass is 251 g/mol. The van der Waals surface area contributed by atoms with Crippen molar-refractivity contribution in [2.24, 2.45) is 17.3 Å². The molecule has 1 aliphatic heterocycles. The van der Waals surface area contributed by atoms with Gasteiger partial charge in [-0.3, -0.25) is 19.3 Å². The van der Waals surface area contributed by atoms with Gasteiger partial charge >= 0.3 is 0 Å². The van der Waals surface area contributed by atoms with Crippen molar-refractivity contribution in [1.82, 2.24) is 4.90 Å². The van der Waals surface area contributed by atoms with Crippen molar-refractivity contribution in [1.29, 1.82) is 0 Å². The maximum atomic E-state index is 12.2. The van der Waals surface area contributed by atoms with Gasteiger partial charge in [0.1, 0.15) is 0 Å². The minimum absolute atomic E-state index is 0.0475. The van der Waals surface area contributed by atoms with E-state index in [1.54, 1.807) is 0 Å². The Kier molecular flexibility index (Phi) is 3.30. The van der Waals surface area contributed by atoms with Gasteiger partial charge < -0.3 is 0 Å². The molecule has 0 spiro atoms. The Bertz CT molecular complexity index is 370. The molecule has 2 atom stereocenters. The second-order valence-electron chi connectivity index (χ2n) is 6.43. The zero-order chi connectivity index (χ0) is 13.5. The van der Waals surface area contributed by atoms with Crippen LogP contribution >= 0.6 is 0 Å². The summed E-state index contributed by atoms with van der Waals surface area (Å²) in [6.45, 7) is 5.39. The molecule has 0 aromatic heterocycles. The van der Waals surface area contributed by atoms with E-state index in [9.17, 15) is 14.4 Å². The molecule has 100 valence electrons. The second-order valence-corrected chi connectivity index (χ2v) is 6.43. The molecule has 18 heavy (non-hydrogen) atoms. The Morgan fingerprint density at radius 2 is 1.56 bits per heavy atom. The van der Waals surface area contributed by atoms with E-state index < -0.39 is 5.41 Å². The average molecular weight is 251 g/mol. The highest BCUT2D eigenvalue weighted by Crippen LogP contribution is 2.38. The third-order valence-electron chi connectivity index (χ3n) is 4.07. The fourth-order valence-corrected chi connectivity index (χ4v) is 2.77. The number of amides is 2. The fraction of sp³-hybridized carbons (Fsp3) is 0.786. The number of fused-ring (bicyclic) bond motifs is 1. The molecule has 0 N–H and O–H groups in total. The van der Waals surface area contributed by atoms with Crippen LogP contribution in [0.25, 0.3) is 0 Å².